The molecule has 4 heteroatoms. The van der Waals surface area contributed by atoms with E-state index in [4.69, 9.17) is 0 Å². The van der Waals surface area contributed by atoms with Crippen molar-refractivity contribution in [2.45, 2.75) is 13.0 Å². The van der Waals surface area contributed by atoms with Crippen LogP contribution in [0.4, 0.5) is 0 Å². The lowest BCUT2D eigenvalue weighted by molar-refractivity contribution is 0.0932. The zero-order chi connectivity index (χ0) is 20.2. The summed E-state index contributed by atoms with van der Waals surface area (Å²) in [6, 6.07) is 25.7. The van der Waals surface area contributed by atoms with Crippen molar-refractivity contribution < 1.29 is 9.59 Å². The van der Waals surface area contributed by atoms with Crippen LogP contribution in [0.3, 0.4) is 0 Å². The topological polar surface area (TPSA) is 52.0 Å². The van der Waals surface area contributed by atoms with E-state index >= 15 is 0 Å². The van der Waals surface area contributed by atoms with Gasteiger partial charge in [0, 0.05) is 5.56 Å². The first kappa shape index (κ1) is 18.6. The van der Waals surface area contributed by atoms with Gasteiger partial charge in [-0.15, -0.1) is 0 Å². The van der Waals surface area contributed by atoms with Crippen LogP contribution in [0.15, 0.2) is 91.0 Å². The number of aromatic nitrogens is 2. The number of carbonyl (C=O) groups excluding carboxylic acids is 2. The zero-order valence-corrected chi connectivity index (χ0v) is 16.0. The molecule has 4 aromatic rings. The van der Waals surface area contributed by atoms with Crippen LogP contribution in [0.2, 0.25) is 0 Å². The Morgan fingerprint density at radius 3 is 2.21 bits per heavy atom. The number of fused-ring (bicyclic) bond motifs is 1. The van der Waals surface area contributed by atoms with Crippen LogP contribution in [-0.4, -0.2) is 21.1 Å². The highest BCUT2D eigenvalue weighted by molar-refractivity contribution is 6.07. The average molecular weight is 380 g/mol. The maximum absolute atomic E-state index is 13.1. The van der Waals surface area contributed by atoms with E-state index in [-0.39, 0.29) is 17.4 Å². The van der Waals surface area contributed by atoms with Crippen LogP contribution < -0.4 is 0 Å². The molecule has 0 aliphatic heterocycles. The molecule has 0 amide bonds. The van der Waals surface area contributed by atoms with E-state index in [1.807, 2.05) is 72.8 Å². The molecule has 1 heterocycles. The molecule has 0 bridgehead atoms. The highest BCUT2D eigenvalue weighted by Gasteiger charge is 2.24. The average Bonchev–Trinajstić information content (AvgIpc) is 3.17. The molecular weight excluding hydrogens is 360 g/mol. The molecule has 1 atom stereocenters. The molecule has 142 valence electrons. The van der Waals surface area contributed by atoms with Crippen LogP contribution in [0.5, 0.6) is 0 Å². The summed E-state index contributed by atoms with van der Waals surface area (Å²) in [6.07, 6.45) is 3.27. The molecule has 1 aromatic heterocycles. The predicted molar refractivity (Wildman–Crippen MR) is 115 cm³/mol. The van der Waals surface area contributed by atoms with E-state index in [0.717, 1.165) is 11.1 Å². The van der Waals surface area contributed by atoms with Gasteiger partial charge in [0.15, 0.2) is 11.6 Å². The van der Waals surface area contributed by atoms with Crippen LogP contribution >= 0.6 is 0 Å². The van der Waals surface area contributed by atoms with Gasteiger partial charge in [-0.3, -0.25) is 9.59 Å². The number of ketones is 2. The number of Topliss-reactive ketones (excluding diaryl/α,β-unsaturated/α-hetero) is 1. The fraction of sp³-hybridized carbons (Fsp3) is 0.0800. The lowest BCUT2D eigenvalue weighted by Gasteiger charge is -2.16. The minimum absolute atomic E-state index is 0.0603. The van der Waals surface area contributed by atoms with Gasteiger partial charge in [0.2, 0.25) is 5.78 Å². The Kier molecular flexibility index (Phi) is 5.16. The van der Waals surface area contributed by atoms with Crippen molar-refractivity contribution in [3.05, 3.63) is 108 Å². The van der Waals surface area contributed by atoms with Crippen molar-refractivity contribution in [2.24, 2.45) is 0 Å². The fourth-order valence-electron chi connectivity index (χ4n) is 3.38. The van der Waals surface area contributed by atoms with Gasteiger partial charge in [0.1, 0.15) is 0 Å². The first-order valence-electron chi connectivity index (χ1n) is 9.49. The van der Waals surface area contributed by atoms with E-state index in [2.05, 4.69) is 4.98 Å². The van der Waals surface area contributed by atoms with Crippen LogP contribution in [0, 0.1) is 0 Å². The van der Waals surface area contributed by atoms with Crippen LogP contribution in [-0.2, 0) is 0 Å². The summed E-state index contributed by atoms with van der Waals surface area (Å²) in [7, 11) is 0. The third-order valence-corrected chi connectivity index (χ3v) is 4.87. The molecule has 0 saturated heterocycles. The Balaban J connectivity index is 1.76. The molecule has 1 unspecified atom stereocenters. The molecule has 29 heavy (non-hydrogen) atoms. The van der Waals surface area contributed by atoms with Gasteiger partial charge in [-0.1, -0.05) is 78.9 Å². The van der Waals surface area contributed by atoms with Gasteiger partial charge >= 0.3 is 0 Å². The number of benzene rings is 3. The highest BCUT2D eigenvalue weighted by atomic mass is 16.1. The number of hydrogen-bond acceptors (Lipinski definition) is 3. The lowest BCUT2D eigenvalue weighted by Crippen LogP contribution is -2.20. The van der Waals surface area contributed by atoms with Crippen LogP contribution in [0.1, 0.15) is 39.5 Å². The van der Waals surface area contributed by atoms with Crippen molar-refractivity contribution in [3.63, 3.8) is 0 Å². The minimum atomic E-state index is -0.561. The highest BCUT2D eigenvalue weighted by Crippen LogP contribution is 2.24. The quantitative estimate of drug-likeness (QED) is 0.333. The molecular formula is C25H20N2O2. The third-order valence-electron chi connectivity index (χ3n) is 4.87. The predicted octanol–water partition coefficient (Wildman–Crippen LogP) is 5.38. The standard InChI is InChI=1S/C25H20N2O2/c1-18(24(29)20-12-6-3-7-13-20)27-22-15-9-8-14-21(22)26-25(27)23(28)17-16-19-10-4-2-5-11-19/h2-18H,1H3/b17-16+. The van der Waals surface area contributed by atoms with E-state index in [0.29, 0.717) is 11.1 Å². The normalized spacial score (nSPS) is 12.3. The SMILES string of the molecule is CC(C(=O)c1ccccc1)n1c(C(=O)/C=C/c2ccccc2)nc2ccccc21. The summed E-state index contributed by atoms with van der Waals surface area (Å²) in [4.78, 5) is 30.6. The monoisotopic (exact) mass is 380 g/mol. The van der Waals surface area contributed by atoms with E-state index in [1.54, 1.807) is 29.7 Å². The number of rotatable bonds is 6. The van der Waals surface area contributed by atoms with E-state index < -0.39 is 6.04 Å². The number of nitrogens with zero attached hydrogens (tertiary/aromatic N) is 2. The van der Waals surface area contributed by atoms with Crippen molar-refractivity contribution >= 4 is 28.7 Å². The Bertz CT molecular complexity index is 1190. The Labute approximate surface area is 169 Å². The maximum Gasteiger partial charge on any atom is 0.221 e. The summed E-state index contributed by atoms with van der Waals surface area (Å²) in [6.45, 7) is 1.81. The summed E-state index contributed by atoms with van der Waals surface area (Å²) in [5.74, 6) is -0.0391. The second-order valence-corrected chi connectivity index (χ2v) is 6.81. The first-order chi connectivity index (χ1) is 14.1. The molecule has 0 saturated carbocycles. The molecule has 0 fully saturated rings. The van der Waals surface area contributed by atoms with Gasteiger partial charge in [-0.25, -0.2) is 4.98 Å². The van der Waals surface area contributed by atoms with E-state index in [1.165, 1.54) is 6.08 Å². The number of carbonyl (C=O) groups is 2. The molecule has 0 aliphatic rings. The molecule has 4 nitrogen and oxygen atoms in total. The van der Waals surface area contributed by atoms with Gasteiger partial charge in [-0.2, -0.15) is 0 Å². The number of hydrogen-bond donors (Lipinski definition) is 0. The molecule has 0 N–H and O–H groups in total. The van der Waals surface area contributed by atoms with Gasteiger partial charge < -0.3 is 4.57 Å². The summed E-state index contributed by atoms with van der Waals surface area (Å²) in [5.41, 5.74) is 2.99. The number of imidazole rings is 1. The van der Waals surface area contributed by atoms with E-state index in [9.17, 15) is 9.59 Å². The summed E-state index contributed by atoms with van der Waals surface area (Å²) >= 11 is 0. The Morgan fingerprint density at radius 1 is 0.862 bits per heavy atom. The summed E-state index contributed by atoms with van der Waals surface area (Å²) < 4.78 is 1.74. The van der Waals surface area contributed by atoms with Crippen molar-refractivity contribution in [1.82, 2.24) is 9.55 Å². The Hall–Kier alpha value is -3.79. The Morgan fingerprint density at radius 2 is 1.48 bits per heavy atom. The van der Waals surface area contributed by atoms with Gasteiger partial charge in [0.05, 0.1) is 17.1 Å². The first-order valence-corrected chi connectivity index (χ1v) is 9.49. The minimum Gasteiger partial charge on any atom is -0.310 e. The van der Waals surface area contributed by atoms with Crippen LogP contribution in [0.25, 0.3) is 17.1 Å². The molecule has 0 aliphatic carbocycles. The smallest absolute Gasteiger partial charge is 0.221 e. The van der Waals surface area contributed by atoms with Crippen molar-refractivity contribution in [3.8, 4) is 0 Å². The fourth-order valence-corrected chi connectivity index (χ4v) is 3.38. The zero-order valence-electron chi connectivity index (χ0n) is 16.0. The molecule has 4 rings (SSSR count). The van der Waals surface area contributed by atoms with Gasteiger partial charge in [0.25, 0.3) is 0 Å². The third kappa shape index (κ3) is 3.78. The largest absolute Gasteiger partial charge is 0.310 e. The second kappa shape index (κ2) is 8.07. The van der Waals surface area contributed by atoms with Crippen molar-refractivity contribution in [1.29, 1.82) is 0 Å². The second-order valence-electron chi connectivity index (χ2n) is 6.81. The maximum atomic E-state index is 13.1. The number of allylic oxidation sites excluding steroid dienone is 1. The van der Waals surface area contributed by atoms with Gasteiger partial charge in [-0.05, 0) is 30.7 Å². The number of para-hydroxylation sites is 2. The molecule has 0 spiro atoms. The molecule has 0 radical (unpaired) electrons. The lowest BCUT2D eigenvalue weighted by atomic mass is 10.0. The van der Waals surface area contributed by atoms with Crippen molar-refractivity contribution in [2.75, 3.05) is 0 Å². The summed E-state index contributed by atoms with van der Waals surface area (Å²) in [5, 5.41) is 0. The molecule has 3 aromatic carbocycles.